The molecular weight excluding hydrogens is 493 g/mol. The highest BCUT2D eigenvalue weighted by Crippen LogP contribution is 2.45. The van der Waals surface area contributed by atoms with Crippen LogP contribution in [0.25, 0.3) is 22.3 Å². The molecule has 0 unspecified atom stereocenters. The Morgan fingerprint density at radius 3 is 1.77 bits per heavy atom. The molecule has 4 aromatic rings. The SMILES string of the molecule is CC(C)c1cc(-c2cc(C(C)(C)C)cc(-c3c(F)cc(F)cc3F)c2Nc2ccccc2N)cc(C(C)C)c1. The second-order valence-corrected chi connectivity index (χ2v) is 11.9. The van der Waals surface area contributed by atoms with Crippen LogP contribution in [0, 0.1) is 17.5 Å². The van der Waals surface area contributed by atoms with Gasteiger partial charge in [-0.3, -0.25) is 0 Å². The normalized spacial score (nSPS) is 11.9. The second kappa shape index (κ2) is 10.8. The quantitative estimate of drug-likeness (QED) is 0.243. The maximum absolute atomic E-state index is 15.4. The van der Waals surface area contributed by atoms with Crippen molar-refractivity contribution in [2.24, 2.45) is 0 Å². The number of hydrogen-bond donors (Lipinski definition) is 2. The van der Waals surface area contributed by atoms with Gasteiger partial charge < -0.3 is 11.1 Å². The molecule has 0 aliphatic rings. The first-order valence-electron chi connectivity index (χ1n) is 13.4. The first kappa shape index (κ1) is 28.3. The van der Waals surface area contributed by atoms with E-state index in [9.17, 15) is 4.39 Å². The van der Waals surface area contributed by atoms with Crippen molar-refractivity contribution in [3.8, 4) is 22.3 Å². The molecule has 204 valence electrons. The van der Waals surface area contributed by atoms with E-state index in [1.165, 1.54) is 11.1 Å². The standard InChI is InChI=1S/C34H37F3N2/c1-19(2)21-12-22(20(3)4)14-23(13-21)26-15-24(34(5,6)7)16-27(32-28(36)17-25(35)18-29(32)37)33(26)39-31-11-9-8-10-30(31)38/h8-20,39H,38H2,1-7H3. The lowest BCUT2D eigenvalue weighted by Crippen LogP contribution is -2.13. The van der Waals surface area contributed by atoms with Crippen molar-refractivity contribution in [2.75, 3.05) is 11.1 Å². The van der Waals surface area contributed by atoms with Gasteiger partial charge in [0.1, 0.15) is 17.5 Å². The third kappa shape index (κ3) is 5.98. The zero-order valence-corrected chi connectivity index (χ0v) is 23.7. The van der Waals surface area contributed by atoms with E-state index in [1.54, 1.807) is 12.1 Å². The fraction of sp³-hybridized carbons (Fsp3) is 0.294. The zero-order valence-electron chi connectivity index (χ0n) is 23.7. The van der Waals surface area contributed by atoms with Gasteiger partial charge in [-0.15, -0.1) is 0 Å². The third-order valence-electron chi connectivity index (χ3n) is 7.12. The lowest BCUT2D eigenvalue weighted by molar-refractivity contribution is 0.547. The Hall–Kier alpha value is -3.73. The van der Waals surface area contributed by atoms with Crippen LogP contribution in [-0.2, 0) is 5.41 Å². The fourth-order valence-electron chi connectivity index (χ4n) is 4.68. The molecule has 0 saturated heterocycles. The van der Waals surface area contributed by atoms with Crippen LogP contribution >= 0.6 is 0 Å². The van der Waals surface area contributed by atoms with Gasteiger partial charge in [0.05, 0.1) is 22.6 Å². The monoisotopic (exact) mass is 530 g/mol. The van der Waals surface area contributed by atoms with Crippen molar-refractivity contribution in [3.05, 3.63) is 101 Å². The molecule has 0 radical (unpaired) electrons. The molecule has 0 aliphatic heterocycles. The number of nitrogens with two attached hydrogens (primary N) is 1. The van der Waals surface area contributed by atoms with Crippen LogP contribution in [0.1, 0.15) is 77.0 Å². The van der Waals surface area contributed by atoms with E-state index >= 15 is 8.78 Å². The number of nitrogen functional groups attached to an aromatic ring is 1. The summed E-state index contributed by atoms with van der Waals surface area (Å²) in [6.07, 6.45) is 0. The molecule has 39 heavy (non-hydrogen) atoms. The number of benzene rings is 4. The molecular formula is C34H37F3N2. The molecule has 0 bridgehead atoms. The summed E-state index contributed by atoms with van der Waals surface area (Å²) in [5, 5.41) is 3.40. The Bertz CT molecular complexity index is 1460. The largest absolute Gasteiger partial charge is 0.397 e. The summed E-state index contributed by atoms with van der Waals surface area (Å²) in [5.41, 5.74) is 12.5. The highest BCUT2D eigenvalue weighted by Gasteiger charge is 2.25. The van der Waals surface area contributed by atoms with E-state index in [0.717, 1.165) is 28.8 Å². The Kier molecular flexibility index (Phi) is 7.83. The van der Waals surface area contributed by atoms with Crippen molar-refractivity contribution in [3.63, 3.8) is 0 Å². The summed E-state index contributed by atoms with van der Waals surface area (Å²) in [5.74, 6) is -2.34. The summed E-state index contributed by atoms with van der Waals surface area (Å²) in [4.78, 5) is 0. The minimum Gasteiger partial charge on any atom is -0.397 e. The average Bonchev–Trinajstić information content (AvgIpc) is 2.84. The average molecular weight is 531 g/mol. The molecule has 0 aliphatic carbocycles. The van der Waals surface area contributed by atoms with Crippen LogP contribution in [0.4, 0.5) is 30.2 Å². The van der Waals surface area contributed by atoms with E-state index in [-0.39, 0.29) is 22.8 Å². The van der Waals surface area contributed by atoms with Crippen LogP contribution in [0.5, 0.6) is 0 Å². The second-order valence-electron chi connectivity index (χ2n) is 11.9. The third-order valence-corrected chi connectivity index (χ3v) is 7.12. The molecule has 5 heteroatoms. The van der Waals surface area contributed by atoms with Crippen LogP contribution in [0.2, 0.25) is 0 Å². The maximum atomic E-state index is 15.4. The van der Waals surface area contributed by atoms with Gasteiger partial charge in [-0.2, -0.15) is 0 Å². The molecule has 3 N–H and O–H groups in total. The zero-order chi connectivity index (χ0) is 28.6. The number of nitrogens with one attached hydrogen (secondary N) is 1. The lowest BCUT2D eigenvalue weighted by atomic mass is 9.81. The van der Waals surface area contributed by atoms with Crippen molar-refractivity contribution >= 4 is 17.1 Å². The number of para-hydroxylation sites is 2. The smallest absolute Gasteiger partial charge is 0.136 e. The lowest BCUT2D eigenvalue weighted by Gasteiger charge is -2.26. The molecule has 2 nitrogen and oxygen atoms in total. The molecule has 0 amide bonds. The Balaban J connectivity index is 2.16. The minimum atomic E-state index is -0.965. The van der Waals surface area contributed by atoms with Gasteiger partial charge in [-0.25, -0.2) is 13.2 Å². The van der Waals surface area contributed by atoms with Gasteiger partial charge in [0.2, 0.25) is 0 Å². The van der Waals surface area contributed by atoms with E-state index in [0.29, 0.717) is 22.6 Å². The van der Waals surface area contributed by atoms with Crippen LogP contribution in [0.15, 0.2) is 66.7 Å². The van der Waals surface area contributed by atoms with Gasteiger partial charge in [0.15, 0.2) is 0 Å². The van der Waals surface area contributed by atoms with Crippen LogP contribution in [0.3, 0.4) is 0 Å². The highest BCUT2D eigenvalue weighted by atomic mass is 19.1. The number of rotatable bonds is 6. The molecule has 0 fully saturated rings. The summed E-state index contributed by atoms with van der Waals surface area (Å²) in [7, 11) is 0. The van der Waals surface area contributed by atoms with Crippen molar-refractivity contribution in [1.82, 2.24) is 0 Å². The molecule has 0 heterocycles. The molecule has 0 spiro atoms. The van der Waals surface area contributed by atoms with Gasteiger partial charge in [0.25, 0.3) is 0 Å². The fourth-order valence-corrected chi connectivity index (χ4v) is 4.68. The van der Waals surface area contributed by atoms with E-state index in [4.69, 9.17) is 5.73 Å². The van der Waals surface area contributed by atoms with Crippen LogP contribution in [-0.4, -0.2) is 0 Å². The summed E-state index contributed by atoms with van der Waals surface area (Å²) in [6.45, 7) is 14.8. The predicted molar refractivity (Wildman–Crippen MR) is 158 cm³/mol. The van der Waals surface area contributed by atoms with Gasteiger partial charge in [0, 0.05) is 23.3 Å². The van der Waals surface area contributed by atoms with Crippen LogP contribution < -0.4 is 11.1 Å². The molecule has 0 atom stereocenters. The van der Waals surface area contributed by atoms with Gasteiger partial charge >= 0.3 is 0 Å². The predicted octanol–water partition coefficient (Wildman–Crippen LogP) is 10.3. The van der Waals surface area contributed by atoms with Gasteiger partial charge in [-0.05, 0) is 63.8 Å². The minimum absolute atomic E-state index is 0.279. The maximum Gasteiger partial charge on any atom is 0.136 e. The summed E-state index contributed by atoms with van der Waals surface area (Å²) < 4.78 is 44.7. The summed E-state index contributed by atoms with van der Waals surface area (Å²) >= 11 is 0. The first-order chi connectivity index (χ1) is 18.3. The molecule has 0 saturated carbocycles. The van der Waals surface area contributed by atoms with Crippen molar-refractivity contribution < 1.29 is 13.2 Å². The van der Waals surface area contributed by atoms with E-state index < -0.39 is 17.5 Å². The Labute approximate surface area is 230 Å². The van der Waals surface area contributed by atoms with E-state index in [2.05, 4.69) is 78.0 Å². The summed E-state index contributed by atoms with van der Waals surface area (Å²) in [6, 6.07) is 19.1. The van der Waals surface area contributed by atoms with Crippen molar-refractivity contribution in [2.45, 2.75) is 65.7 Å². The highest BCUT2D eigenvalue weighted by molar-refractivity contribution is 5.95. The molecule has 4 rings (SSSR count). The van der Waals surface area contributed by atoms with Crippen molar-refractivity contribution in [1.29, 1.82) is 0 Å². The topological polar surface area (TPSA) is 38.0 Å². The van der Waals surface area contributed by atoms with E-state index in [1.807, 2.05) is 18.2 Å². The first-order valence-corrected chi connectivity index (χ1v) is 13.4. The van der Waals surface area contributed by atoms with Gasteiger partial charge in [-0.1, -0.05) is 78.8 Å². The Morgan fingerprint density at radius 2 is 1.26 bits per heavy atom. The number of hydrogen-bond acceptors (Lipinski definition) is 2. The number of halogens is 3. The molecule has 0 aromatic heterocycles. The number of anilines is 3. The molecule has 4 aromatic carbocycles. The Morgan fingerprint density at radius 1 is 0.718 bits per heavy atom.